The summed E-state index contributed by atoms with van der Waals surface area (Å²) in [6.45, 7) is 7.93. The van der Waals surface area contributed by atoms with E-state index in [1.165, 1.54) is 18.4 Å². The van der Waals surface area contributed by atoms with Crippen LogP contribution in [-0.2, 0) is 15.4 Å². The number of ether oxygens (including phenoxy) is 1. The lowest BCUT2D eigenvalue weighted by atomic mass is 9.93. The van der Waals surface area contributed by atoms with E-state index in [1.54, 1.807) is 18.2 Å². The molecule has 7 heteroatoms. The van der Waals surface area contributed by atoms with Gasteiger partial charge >= 0.3 is 0 Å². The van der Waals surface area contributed by atoms with E-state index in [4.69, 9.17) is 4.74 Å². The van der Waals surface area contributed by atoms with Crippen LogP contribution in [0.1, 0.15) is 32.0 Å². The van der Waals surface area contributed by atoms with Crippen LogP contribution in [0.3, 0.4) is 0 Å². The molecule has 22 heavy (non-hydrogen) atoms. The monoisotopic (exact) mass is 340 g/mol. The largest absolute Gasteiger partial charge is 0.495 e. The maximum Gasteiger partial charge on any atom is 0.267 e. The Hall–Kier alpha value is -1.60. The molecule has 2 aromatic rings. The predicted molar refractivity (Wildman–Crippen MR) is 89.4 cm³/mol. The van der Waals surface area contributed by atoms with Crippen LogP contribution in [-0.4, -0.2) is 20.5 Å². The number of thiazole rings is 1. The van der Waals surface area contributed by atoms with Crippen molar-refractivity contribution in [2.75, 3.05) is 11.8 Å². The van der Waals surface area contributed by atoms with Crippen LogP contribution in [0.15, 0.2) is 28.5 Å². The van der Waals surface area contributed by atoms with Crippen LogP contribution >= 0.6 is 11.3 Å². The minimum Gasteiger partial charge on any atom is -0.495 e. The molecule has 2 rings (SSSR count). The van der Waals surface area contributed by atoms with Crippen molar-refractivity contribution in [3.8, 4) is 5.75 Å². The van der Waals surface area contributed by atoms with E-state index >= 15 is 0 Å². The van der Waals surface area contributed by atoms with Gasteiger partial charge in [0.05, 0.1) is 12.8 Å². The Bertz CT molecular complexity index is 774. The van der Waals surface area contributed by atoms with E-state index in [-0.39, 0.29) is 10.3 Å². The van der Waals surface area contributed by atoms with Crippen LogP contribution in [0, 0.1) is 6.92 Å². The molecule has 0 atom stereocenters. The number of aryl methyl sites for hydroxylation is 1. The third-order valence-electron chi connectivity index (χ3n) is 3.10. The van der Waals surface area contributed by atoms with Crippen LogP contribution in [0.5, 0.6) is 5.75 Å². The van der Waals surface area contributed by atoms with E-state index in [0.29, 0.717) is 10.9 Å². The Labute approximate surface area is 135 Å². The number of methoxy groups -OCH3 is 1. The van der Waals surface area contributed by atoms with Crippen molar-refractivity contribution in [1.29, 1.82) is 0 Å². The zero-order valence-corrected chi connectivity index (χ0v) is 14.9. The smallest absolute Gasteiger partial charge is 0.267 e. The molecule has 0 saturated heterocycles. The van der Waals surface area contributed by atoms with Gasteiger partial charge in [0.2, 0.25) is 0 Å². The molecule has 0 amide bonds. The normalized spacial score (nSPS) is 12.2. The molecule has 0 aliphatic rings. The maximum atomic E-state index is 12.6. The van der Waals surface area contributed by atoms with Gasteiger partial charge in [0.1, 0.15) is 10.6 Å². The summed E-state index contributed by atoms with van der Waals surface area (Å²) < 4.78 is 32.8. The summed E-state index contributed by atoms with van der Waals surface area (Å²) in [7, 11) is -2.29. The zero-order chi connectivity index (χ0) is 16.5. The highest BCUT2D eigenvalue weighted by atomic mass is 32.2. The molecule has 0 fully saturated rings. The standard InChI is InChI=1S/C15H20N2O3S2/c1-10-6-7-11(20-5)12(8-10)22(18,19)17-14-16-13(9-21-14)15(2,3)4/h6-9H,1-5H3,(H,16,17). The van der Waals surface area contributed by atoms with Gasteiger partial charge in [-0.3, -0.25) is 4.72 Å². The number of anilines is 1. The van der Waals surface area contributed by atoms with Crippen molar-refractivity contribution in [3.63, 3.8) is 0 Å². The van der Waals surface area contributed by atoms with Gasteiger partial charge in [0.15, 0.2) is 5.13 Å². The fourth-order valence-corrected chi connectivity index (χ4v) is 4.27. The van der Waals surface area contributed by atoms with Crippen LogP contribution in [0.4, 0.5) is 5.13 Å². The molecule has 1 N–H and O–H groups in total. The molecule has 0 radical (unpaired) electrons. The molecule has 0 spiro atoms. The molecule has 5 nitrogen and oxygen atoms in total. The van der Waals surface area contributed by atoms with E-state index < -0.39 is 10.0 Å². The lowest BCUT2D eigenvalue weighted by Gasteiger charge is -2.14. The molecule has 1 heterocycles. The van der Waals surface area contributed by atoms with Crippen LogP contribution in [0.2, 0.25) is 0 Å². The minimum absolute atomic E-state index is 0.113. The van der Waals surface area contributed by atoms with E-state index in [9.17, 15) is 8.42 Å². The van der Waals surface area contributed by atoms with Gasteiger partial charge in [-0.05, 0) is 24.6 Å². The summed E-state index contributed by atoms with van der Waals surface area (Å²) in [5.74, 6) is 0.311. The molecule has 0 unspecified atom stereocenters. The second kappa shape index (κ2) is 5.89. The lowest BCUT2D eigenvalue weighted by Crippen LogP contribution is -2.15. The Kier molecular flexibility index (Phi) is 4.49. The summed E-state index contributed by atoms with van der Waals surface area (Å²) >= 11 is 1.27. The first kappa shape index (κ1) is 16.8. The first-order chi connectivity index (χ1) is 10.1. The summed E-state index contributed by atoms with van der Waals surface area (Å²) in [4.78, 5) is 4.47. The third kappa shape index (κ3) is 3.59. The highest BCUT2D eigenvalue weighted by Crippen LogP contribution is 2.30. The zero-order valence-electron chi connectivity index (χ0n) is 13.3. The number of hydrogen-bond donors (Lipinski definition) is 1. The molecule has 0 saturated carbocycles. The fraction of sp³-hybridized carbons (Fsp3) is 0.400. The number of rotatable bonds is 4. The van der Waals surface area contributed by atoms with Gasteiger partial charge in [0, 0.05) is 10.8 Å². The van der Waals surface area contributed by atoms with Gasteiger partial charge in [-0.2, -0.15) is 0 Å². The number of hydrogen-bond acceptors (Lipinski definition) is 5. The summed E-state index contributed by atoms with van der Waals surface area (Å²) in [5.41, 5.74) is 1.57. The molecule has 0 bridgehead atoms. The quantitative estimate of drug-likeness (QED) is 0.924. The van der Waals surface area contributed by atoms with Crippen molar-refractivity contribution >= 4 is 26.5 Å². The highest BCUT2D eigenvalue weighted by molar-refractivity contribution is 7.93. The lowest BCUT2D eigenvalue weighted by molar-refractivity contribution is 0.402. The van der Waals surface area contributed by atoms with Crippen molar-refractivity contribution < 1.29 is 13.2 Å². The third-order valence-corrected chi connectivity index (χ3v) is 5.35. The van der Waals surface area contributed by atoms with Crippen molar-refractivity contribution in [2.45, 2.75) is 38.0 Å². The Balaban J connectivity index is 2.36. The van der Waals surface area contributed by atoms with Gasteiger partial charge in [-0.25, -0.2) is 13.4 Å². The van der Waals surface area contributed by atoms with Crippen LogP contribution < -0.4 is 9.46 Å². The fourth-order valence-electron chi connectivity index (χ4n) is 1.83. The summed E-state index contributed by atoms with van der Waals surface area (Å²) in [6.07, 6.45) is 0. The van der Waals surface area contributed by atoms with Crippen molar-refractivity contribution in [1.82, 2.24) is 4.98 Å². The average Bonchev–Trinajstić information content (AvgIpc) is 2.86. The SMILES string of the molecule is COc1ccc(C)cc1S(=O)(=O)Nc1nc(C(C)(C)C)cs1. The number of benzene rings is 1. The minimum atomic E-state index is -3.74. The van der Waals surface area contributed by atoms with Gasteiger partial charge in [-0.1, -0.05) is 26.8 Å². The number of nitrogens with one attached hydrogen (secondary N) is 1. The van der Waals surface area contributed by atoms with E-state index in [2.05, 4.69) is 9.71 Å². The maximum absolute atomic E-state index is 12.6. The van der Waals surface area contributed by atoms with E-state index in [0.717, 1.165) is 11.3 Å². The summed E-state index contributed by atoms with van der Waals surface area (Å²) in [6, 6.07) is 5.03. The molecular weight excluding hydrogens is 320 g/mol. The Morgan fingerprint density at radius 1 is 1.27 bits per heavy atom. The first-order valence-corrected chi connectivity index (χ1v) is 9.13. The Morgan fingerprint density at radius 2 is 1.95 bits per heavy atom. The first-order valence-electron chi connectivity index (χ1n) is 6.77. The topological polar surface area (TPSA) is 68.3 Å². The molecular formula is C15H20N2O3S2. The number of nitrogens with zero attached hydrogens (tertiary/aromatic N) is 1. The molecule has 1 aromatic carbocycles. The number of sulfonamides is 1. The second-order valence-electron chi connectivity index (χ2n) is 6.05. The average molecular weight is 340 g/mol. The van der Waals surface area contributed by atoms with Gasteiger partial charge in [0.25, 0.3) is 10.0 Å². The van der Waals surface area contributed by atoms with Crippen molar-refractivity contribution in [2.24, 2.45) is 0 Å². The molecule has 0 aliphatic carbocycles. The Morgan fingerprint density at radius 3 is 2.50 bits per heavy atom. The second-order valence-corrected chi connectivity index (χ2v) is 8.56. The van der Waals surface area contributed by atoms with Crippen molar-refractivity contribution in [3.05, 3.63) is 34.8 Å². The molecule has 1 aromatic heterocycles. The molecule has 0 aliphatic heterocycles. The van der Waals surface area contributed by atoms with E-state index in [1.807, 2.05) is 33.1 Å². The summed E-state index contributed by atoms with van der Waals surface area (Å²) in [5, 5.41) is 2.22. The van der Waals surface area contributed by atoms with Crippen LogP contribution in [0.25, 0.3) is 0 Å². The number of aromatic nitrogens is 1. The highest BCUT2D eigenvalue weighted by Gasteiger charge is 2.23. The van der Waals surface area contributed by atoms with Gasteiger partial charge < -0.3 is 4.74 Å². The predicted octanol–water partition coefficient (Wildman–Crippen LogP) is 3.56. The molecule has 120 valence electrons. The van der Waals surface area contributed by atoms with Gasteiger partial charge in [-0.15, -0.1) is 11.3 Å².